The first-order valence-corrected chi connectivity index (χ1v) is 6.12. The molecule has 7 nitrogen and oxygen atoms in total. The topological polar surface area (TPSA) is 102 Å². The van der Waals surface area contributed by atoms with Crippen LogP contribution >= 0.6 is 0 Å². The maximum atomic E-state index is 11.7. The number of nitrogens with two attached hydrogens (primary N) is 1. The summed E-state index contributed by atoms with van der Waals surface area (Å²) in [5.41, 5.74) is 6.72. The summed E-state index contributed by atoms with van der Waals surface area (Å²) in [6.07, 6.45) is 0.0340. The summed E-state index contributed by atoms with van der Waals surface area (Å²) in [7, 11) is 0. The second kappa shape index (κ2) is 6.16. The highest BCUT2D eigenvalue weighted by Gasteiger charge is 2.26. The number of amides is 3. The number of carbonyl (C=O) groups is 3. The lowest BCUT2D eigenvalue weighted by Gasteiger charge is -2.24. The lowest BCUT2D eigenvalue weighted by molar-refractivity contribution is -0.158. The average molecular weight is 277 g/mol. The van der Waals surface area contributed by atoms with Crippen molar-refractivity contribution in [3.05, 3.63) is 24.3 Å². The summed E-state index contributed by atoms with van der Waals surface area (Å²) >= 11 is 0. The van der Waals surface area contributed by atoms with E-state index in [1.807, 2.05) is 0 Å². The second-order valence-electron chi connectivity index (χ2n) is 4.36. The number of imide groups is 1. The van der Waals surface area contributed by atoms with Crippen molar-refractivity contribution >= 4 is 29.1 Å². The third-order valence-electron chi connectivity index (χ3n) is 2.79. The summed E-state index contributed by atoms with van der Waals surface area (Å²) in [5, 5.41) is 2.65. The molecule has 0 aliphatic carbocycles. The van der Waals surface area contributed by atoms with E-state index >= 15 is 0 Å². The smallest absolute Gasteiger partial charge is 0.255 e. The Morgan fingerprint density at radius 3 is 2.65 bits per heavy atom. The van der Waals surface area contributed by atoms with Crippen molar-refractivity contribution in [1.29, 1.82) is 0 Å². The van der Waals surface area contributed by atoms with Crippen molar-refractivity contribution in [2.24, 2.45) is 0 Å². The van der Waals surface area contributed by atoms with Crippen LogP contribution in [0.15, 0.2) is 24.3 Å². The predicted octanol–water partition coefficient (Wildman–Crippen LogP) is -0.0172. The van der Waals surface area contributed by atoms with E-state index in [2.05, 4.69) is 5.32 Å². The molecule has 0 radical (unpaired) electrons. The van der Waals surface area contributed by atoms with Gasteiger partial charge in [-0.25, -0.2) is 0 Å². The summed E-state index contributed by atoms with van der Waals surface area (Å²) in [6, 6.07) is 6.77. The van der Waals surface area contributed by atoms with Crippen molar-refractivity contribution in [2.45, 2.75) is 6.42 Å². The van der Waals surface area contributed by atoms with Gasteiger partial charge in [-0.05, 0) is 18.2 Å². The lowest BCUT2D eigenvalue weighted by Crippen LogP contribution is -2.47. The molecule has 0 saturated carbocycles. The predicted molar refractivity (Wildman–Crippen MR) is 71.6 cm³/mol. The number of nitrogens with one attached hydrogen (secondary N) is 1. The van der Waals surface area contributed by atoms with Crippen LogP contribution in [-0.4, -0.2) is 42.4 Å². The second-order valence-corrected chi connectivity index (χ2v) is 4.36. The average Bonchev–Trinajstić information content (AvgIpc) is 2.38. The number of morpholine rings is 1. The molecule has 106 valence electrons. The van der Waals surface area contributed by atoms with Crippen LogP contribution in [0.2, 0.25) is 0 Å². The monoisotopic (exact) mass is 277 g/mol. The van der Waals surface area contributed by atoms with Crippen molar-refractivity contribution in [3.8, 4) is 0 Å². The number of nitrogens with zero attached hydrogens (tertiary/aromatic N) is 1. The van der Waals surface area contributed by atoms with Gasteiger partial charge < -0.3 is 15.8 Å². The Morgan fingerprint density at radius 1 is 1.30 bits per heavy atom. The van der Waals surface area contributed by atoms with E-state index in [1.54, 1.807) is 24.3 Å². The van der Waals surface area contributed by atoms with Gasteiger partial charge in [-0.2, -0.15) is 0 Å². The SMILES string of the molecule is Nc1cccc(NC(=O)CCN2C(=O)COCC2=O)c1. The molecule has 0 bridgehead atoms. The van der Waals surface area contributed by atoms with Crippen LogP contribution in [0, 0.1) is 0 Å². The minimum absolute atomic E-state index is 0.0340. The minimum atomic E-state index is -0.419. The molecule has 1 heterocycles. The number of hydrogen-bond donors (Lipinski definition) is 2. The Morgan fingerprint density at radius 2 is 2.00 bits per heavy atom. The zero-order chi connectivity index (χ0) is 14.5. The Bertz CT molecular complexity index is 528. The molecular weight excluding hydrogens is 262 g/mol. The molecule has 0 unspecified atom stereocenters. The molecule has 1 saturated heterocycles. The molecule has 2 rings (SSSR count). The van der Waals surface area contributed by atoms with Crippen molar-refractivity contribution in [1.82, 2.24) is 4.90 Å². The number of hydrogen-bond acceptors (Lipinski definition) is 5. The fraction of sp³-hybridized carbons (Fsp3) is 0.308. The van der Waals surface area contributed by atoms with Gasteiger partial charge in [0.05, 0.1) is 0 Å². The molecule has 1 aromatic rings. The number of ether oxygens (including phenoxy) is 1. The van der Waals surface area contributed by atoms with Crippen LogP contribution in [0.25, 0.3) is 0 Å². The maximum absolute atomic E-state index is 11.7. The van der Waals surface area contributed by atoms with Crippen molar-refractivity contribution < 1.29 is 19.1 Å². The van der Waals surface area contributed by atoms with Gasteiger partial charge in [0.2, 0.25) is 5.91 Å². The fourth-order valence-corrected chi connectivity index (χ4v) is 1.82. The Balaban J connectivity index is 1.86. The molecule has 1 fully saturated rings. The van der Waals surface area contributed by atoms with E-state index in [0.29, 0.717) is 11.4 Å². The molecule has 1 aromatic carbocycles. The first kappa shape index (κ1) is 14.0. The van der Waals surface area contributed by atoms with Gasteiger partial charge in [-0.3, -0.25) is 19.3 Å². The molecule has 20 heavy (non-hydrogen) atoms. The number of carbonyl (C=O) groups excluding carboxylic acids is 3. The van der Waals surface area contributed by atoms with E-state index in [4.69, 9.17) is 10.5 Å². The number of rotatable bonds is 4. The summed E-state index contributed by atoms with van der Waals surface area (Å²) in [5.74, 6) is -1.13. The molecule has 0 spiro atoms. The van der Waals surface area contributed by atoms with E-state index in [0.717, 1.165) is 4.90 Å². The van der Waals surface area contributed by atoms with Gasteiger partial charge in [-0.15, -0.1) is 0 Å². The summed E-state index contributed by atoms with van der Waals surface area (Å²) in [4.78, 5) is 35.7. The van der Waals surface area contributed by atoms with Gasteiger partial charge in [0.15, 0.2) is 0 Å². The van der Waals surface area contributed by atoms with Gasteiger partial charge in [0, 0.05) is 24.3 Å². The van der Waals surface area contributed by atoms with Gasteiger partial charge >= 0.3 is 0 Å². The molecule has 3 N–H and O–H groups in total. The highest BCUT2D eigenvalue weighted by atomic mass is 16.5. The fourth-order valence-electron chi connectivity index (χ4n) is 1.82. The number of benzene rings is 1. The first-order chi connectivity index (χ1) is 9.56. The third-order valence-corrected chi connectivity index (χ3v) is 2.79. The normalized spacial score (nSPS) is 15.3. The standard InChI is InChI=1S/C13H15N3O4/c14-9-2-1-3-10(6-9)15-11(17)4-5-16-12(18)7-20-8-13(16)19/h1-3,6H,4-5,7-8,14H2,(H,15,17). The third kappa shape index (κ3) is 3.55. The van der Waals surface area contributed by atoms with Crippen LogP contribution in [0.3, 0.4) is 0 Å². The Labute approximate surface area is 115 Å². The maximum Gasteiger partial charge on any atom is 0.255 e. The highest BCUT2D eigenvalue weighted by Crippen LogP contribution is 2.12. The number of anilines is 2. The van der Waals surface area contributed by atoms with Crippen molar-refractivity contribution in [3.63, 3.8) is 0 Å². The quantitative estimate of drug-likeness (QED) is 0.595. The van der Waals surface area contributed by atoms with Crippen LogP contribution in [0.1, 0.15) is 6.42 Å². The minimum Gasteiger partial charge on any atom is -0.399 e. The Hall–Kier alpha value is -2.41. The van der Waals surface area contributed by atoms with Crippen LogP contribution < -0.4 is 11.1 Å². The molecule has 7 heteroatoms. The molecule has 1 aliphatic rings. The van der Waals surface area contributed by atoms with Gasteiger partial charge in [-0.1, -0.05) is 6.07 Å². The van der Waals surface area contributed by atoms with Crippen LogP contribution in [0.5, 0.6) is 0 Å². The number of nitrogen functional groups attached to an aromatic ring is 1. The van der Waals surface area contributed by atoms with E-state index in [1.165, 1.54) is 0 Å². The van der Waals surface area contributed by atoms with Crippen LogP contribution in [-0.2, 0) is 19.1 Å². The van der Waals surface area contributed by atoms with Crippen molar-refractivity contribution in [2.75, 3.05) is 30.8 Å². The molecular formula is C13H15N3O4. The zero-order valence-corrected chi connectivity index (χ0v) is 10.8. The first-order valence-electron chi connectivity index (χ1n) is 6.12. The largest absolute Gasteiger partial charge is 0.399 e. The summed E-state index contributed by atoms with van der Waals surface area (Å²) in [6.45, 7) is -0.194. The molecule has 3 amide bonds. The van der Waals surface area contributed by atoms with Gasteiger partial charge in [0.1, 0.15) is 13.2 Å². The van der Waals surface area contributed by atoms with E-state index in [9.17, 15) is 14.4 Å². The zero-order valence-electron chi connectivity index (χ0n) is 10.8. The molecule has 0 aromatic heterocycles. The van der Waals surface area contributed by atoms with E-state index < -0.39 is 11.8 Å². The van der Waals surface area contributed by atoms with Crippen LogP contribution in [0.4, 0.5) is 11.4 Å². The lowest BCUT2D eigenvalue weighted by atomic mass is 10.2. The highest BCUT2D eigenvalue weighted by molar-refractivity contribution is 5.99. The van der Waals surface area contributed by atoms with E-state index in [-0.39, 0.29) is 32.1 Å². The molecule has 1 aliphatic heterocycles. The summed E-state index contributed by atoms with van der Waals surface area (Å²) < 4.78 is 4.78. The van der Waals surface area contributed by atoms with Gasteiger partial charge in [0.25, 0.3) is 11.8 Å². The Kier molecular flexibility index (Phi) is 4.31. The molecule has 0 atom stereocenters.